The molecule has 1 aliphatic carbocycles. The molecule has 0 atom stereocenters. The third-order valence-corrected chi connectivity index (χ3v) is 6.65. The van der Waals surface area contributed by atoms with E-state index in [2.05, 4.69) is 4.98 Å². The van der Waals surface area contributed by atoms with E-state index in [-0.39, 0.29) is 17.4 Å². The van der Waals surface area contributed by atoms with Crippen LogP contribution in [0.15, 0.2) is 6.20 Å². The standard InChI is InChI=1S/C12H17NO4S2/c14-12(15)6-9-7-13-11(18-9)8-19(16,17)10-4-2-1-3-5-10/h7,10H,1-6,8H2,(H,14,15). The zero-order chi connectivity index (χ0) is 13.9. The van der Waals surface area contributed by atoms with Gasteiger partial charge in [-0.25, -0.2) is 13.4 Å². The van der Waals surface area contributed by atoms with E-state index in [1.165, 1.54) is 17.5 Å². The second kappa shape index (κ2) is 6.00. The van der Waals surface area contributed by atoms with Crippen LogP contribution in [-0.4, -0.2) is 29.7 Å². The number of hydrogen-bond donors (Lipinski definition) is 1. The second-order valence-corrected chi connectivity index (χ2v) is 8.34. The van der Waals surface area contributed by atoms with Gasteiger partial charge in [-0.15, -0.1) is 11.3 Å². The Morgan fingerprint density at radius 1 is 1.37 bits per heavy atom. The quantitative estimate of drug-likeness (QED) is 0.899. The predicted molar refractivity (Wildman–Crippen MR) is 73.0 cm³/mol. The normalized spacial score (nSPS) is 17.5. The number of sulfone groups is 1. The fraction of sp³-hybridized carbons (Fsp3) is 0.667. The van der Waals surface area contributed by atoms with E-state index in [0.717, 1.165) is 32.1 Å². The Kier molecular flexibility index (Phi) is 4.57. The van der Waals surface area contributed by atoms with E-state index in [9.17, 15) is 13.2 Å². The van der Waals surface area contributed by atoms with Crippen LogP contribution in [0.2, 0.25) is 0 Å². The van der Waals surface area contributed by atoms with Crippen LogP contribution in [0.5, 0.6) is 0 Å². The lowest BCUT2D eigenvalue weighted by Crippen LogP contribution is -2.25. The van der Waals surface area contributed by atoms with Gasteiger partial charge in [-0.3, -0.25) is 4.79 Å². The van der Waals surface area contributed by atoms with Crippen molar-refractivity contribution in [1.82, 2.24) is 4.98 Å². The topological polar surface area (TPSA) is 84.3 Å². The summed E-state index contributed by atoms with van der Waals surface area (Å²) in [6.45, 7) is 0. The number of nitrogens with zero attached hydrogens (tertiary/aromatic N) is 1. The molecule has 1 heterocycles. The van der Waals surface area contributed by atoms with Gasteiger partial charge in [-0.2, -0.15) is 0 Å². The molecule has 7 heteroatoms. The SMILES string of the molecule is O=C(O)Cc1cnc(CS(=O)(=O)C2CCCCC2)s1. The summed E-state index contributed by atoms with van der Waals surface area (Å²) in [5.74, 6) is -0.979. The molecule has 1 saturated carbocycles. The Balaban J connectivity index is 2.03. The van der Waals surface area contributed by atoms with E-state index in [0.29, 0.717) is 9.88 Å². The molecule has 1 aliphatic rings. The Labute approximate surface area is 116 Å². The van der Waals surface area contributed by atoms with Gasteiger partial charge >= 0.3 is 5.97 Å². The molecule has 0 bridgehead atoms. The summed E-state index contributed by atoms with van der Waals surface area (Å²) in [7, 11) is -3.15. The molecule has 0 saturated heterocycles. The fourth-order valence-corrected chi connectivity index (χ4v) is 5.50. The summed E-state index contributed by atoms with van der Waals surface area (Å²) in [6.07, 6.45) is 5.93. The van der Waals surface area contributed by atoms with Crippen molar-refractivity contribution in [2.45, 2.75) is 49.5 Å². The first-order chi connectivity index (χ1) is 8.97. The van der Waals surface area contributed by atoms with Crippen molar-refractivity contribution >= 4 is 27.1 Å². The summed E-state index contributed by atoms with van der Waals surface area (Å²) in [6, 6.07) is 0. The Morgan fingerprint density at radius 2 is 2.05 bits per heavy atom. The van der Waals surface area contributed by atoms with Crippen LogP contribution in [-0.2, 0) is 26.8 Å². The molecule has 19 heavy (non-hydrogen) atoms. The molecule has 0 unspecified atom stereocenters. The minimum Gasteiger partial charge on any atom is -0.481 e. The van der Waals surface area contributed by atoms with Crippen molar-refractivity contribution < 1.29 is 18.3 Å². The van der Waals surface area contributed by atoms with Gasteiger partial charge in [0.1, 0.15) is 10.8 Å². The van der Waals surface area contributed by atoms with E-state index in [1.807, 2.05) is 0 Å². The number of carboxylic acids is 1. The van der Waals surface area contributed by atoms with Crippen LogP contribution < -0.4 is 0 Å². The lowest BCUT2D eigenvalue weighted by atomic mass is 10.0. The molecular formula is C12H17NO4S2. The second-order valence-electron chi connectivity index (χ2n) is 4.86. The molecule has 1 fully saturated rings. The van der Waals surface area contributed by atoms with Gasteiger partial charge < -0.3 is 5.11 Å². The lowest BCUT2D eigenvalue weighted by Gasteiger charge is -2.21. The first kappa shape index (κ1) is 14.5. The Bertz CT molecular complexity index is 544. The number of aliphatic carboxylic acids is 1. The van der Waals surface area contributed by atoms with Crippen molar-refractivity contribution in [3.05, 3.63) is 16.1 Å². The van der Waals surface area contributed by atoms with Crippen molar-refractivity contribution in [3.8, 4) is 0 Å². The fourth-order valence-electron chi connectivity index (χ4n) is 2.36. The van der Waals surface area contributed by atoms with Gasteiger partial charge in [0.25, 0.3) is 0 Å². The molecule has 1 aromatic rings. The zero-order valence-electron chi connectivity index (χ0n) is 10.5. The molecule has 2 rings (SSSR count). The van der Waals surface area contributed by atoms with Gasteiger partial charge in [0.05, 0.1) is 11.7 Å². The minimum atomic E-state index is -3.15. The summed E-state index contributed by atoms with van der Waals surface area (Å²) in [5.41, 5.74) is 0. The molecule has 5 nitrogen and oxygen atoms in total. The maximum Gasteiger partial charge on any atom is 0.308 e. The molecule has 1 aromatic heterocycles. The van der Waals surface area contributed by atoms with Crippen LogP contribution in [0.3, 0.4) is 0 Å². The van der Waals surface area contributed by atoms with Gasteiger partial charge in [-0.1, -0.05) is 19.3 Å². The lowest BCUT2D eigenvalue weighted by molar-refractivity contribution is -0.136. The average Bonchev–Trinajstić information content (AvgIpc) is 2.76. The maximum atomic E-state index is 12.2. The van der Waals surface area contributed by atoms with Crippen LogP contribution in [0, 0.1) is 0 Å². The highest BCUT2D eigenvalue weighted by Crippen LogP contribution is 2.27. The largest absolute Gasteiger partial charge is 0.481 e. The summed E-state index contributed by atoms with van der Waals surface area (Å²) < 4.78 is 24.5. The summed E-state index contributed by atoms with van der Waals surface area (Å²) in [4.78, 5) is 15.2. The number of thiazole rings is 1. The van der Waals surface area contributed by atoms with Crippen molar-refractivity contribution in [1.29, 1.82) is 0 Å². The maximum absolute atomic E-state index is 12.2. The summed E-state index contributed by atoms with van der Waals surface area (Å²) in [5, 5.41) is 8.93. The van der Waals surface area contributed by atoms with Gasteiger partial charge in [-0.05, 0) is 12.8 Å². The zero-order valence-corrected chi connectivity index (χ0v) is 12.2. The molecule has 0 spiro atoms. The number of hydrogen-bond acceptors (Lipinski definition) is 5. The van der Waals surface area contributed by atoms with Crippen molar-refractivity contribution in [2.75, 3.05) is 0 Å². The predicted octanol–water partition coefficient (Wildman–Crippen LogP) is 2.02. The monoisotopic (exact) mass is 303 g/mol. The molecular weight excluding hydrogens is 286 g/mol. The van der Waals surface area contributed by atoms with E-state index in [4.69, 9.17) is 5.11 Å². The molecule has 0 radical (unpaired) electrons. The third kappa shape index (κ3) is 4.01. The van der Waals surface area contributed by atoms with Crippen LogP contribution in [0.1, 0.15) is 42.0 Å². The van der Waals surface area contributed by atoms with Crippen LogP contribution in [0.4, 0.5) is 0 Å². The highest BCUT2D eigenvalue weighted by Gasteiger charge is 2.28. The van der Waals surface area contributed by atoms with Crippen molar-refractivity contribution in [2.24, 2.45) is 0 Å². The number of carbonyl (C=O) groups is 1. The Morgan fingerprint density at radius 3 is 2.68 bits per heavy atom. The number of carboxylic acid groups (broad SMARTS) is 1. The Hall–Kier alpha value is -0.950. The minimum absolute atomic E-state index is 0.0536. The molecule has 106 valence electrons. The highest BCUT2D eigenvalue weighted by molar-refractivity contribution is 7.91. The van der Waals surface area contributed by atoms with Crippen LogP contribution >= 0.6 is 11.3 Å². The van der Waals surface area contributed by atoms with E-state index >= 15 is 0 Å². The first-order valence-electron chi connectivity index (χ1n) is 6.34. The number of aromatic nitrogens is 1. The number of rotatable bonds is 5. The van der Waals surface area contributed by atoms with E-state index < -0.39 is 15.8 Å². The molecule has 0 aliphatic heterocycles. The third-order valence-electron chi connectivity index (χ3n) is 3.31. The van der Waals surface area contributed by atoms with Gasteiger partial charge in [0, 0.05) is 11.1 Å². The first-order valence-corrected chi connectivity index (χ1v) is 8.87. The van der Waals surface area contributed by atoms with Gasteiger partial charge in [0.15, 0.2) is 9.84 Å². The van der Waals surface area contributed by atoms with E-state index in [1.54, 1.807) is 0 Å². The molecule has 0 aromatic carbocycles. The highest BCUT2D eigenvalue weighted by atomic mass is 32.2. The van der Waals surface area contributed by atoms with Crippen LogP contribution in [0.25, 0.3) is 0 Å². The smallest absolute Gasteiger partial charge is 0.308 e. The molecule has 1 N–H and O–H groups in total. The average molecular weight is 303 g/mol. The molecule has 0 amide bonds. The summed E-state index contributed by atoms with van der Waals surface area (Å²) >= 11 is 1.18. The van der Waals surface area contributed by atoms with Crippen molar-refractivity contribution in [3.63, 3.8) is 0 Å². The van der Waals surface area contributed by atoms with Gasteiger partial charge in [0.2, 0.25) is 0 Å².